The van der Waals surface area contributed by atoms with Crippen LogP contribution in [0.15, 0.2) is 30.3 Å². The maximum absolute atomic E-state index is 12.2. The first kappa shape index (κ1) is 18.7. The molecule has 140 valence electrons. The molecule has 0 radical (unpaired) electrons. The number of fused-ring (bicyclic) bond motifs is 1. The Kier molecular flexibility index (Phi) is 5.28. The van der Waals surface area contributed by atoms with Gasteiger partial charge >= 0.3 is 0 Å². The predicted octanol–water partition coefficient (Wildman–Crippen LogP) is 2.83. The quantitative estimate of drug-likeness (QED) is 0.873. The van der Waals surface area contributed by atoms with E-state index in [2.05, 4.69) is 16.4 Å². The van der Waals surface area contributed by atoms with E-state index in [-0.39, 0.29) is 29.6 Å². The Balaban J connectivity index is 1.72. The fourth-order valence-electron chi connectivity index (χ4n) is 2.84. The molecule has 0 saturated heterocycles. The van der Waals surface area contributed by atoms with Gasteiger partial charge in [0.1, 0.15) is 17.4 Å². The highest BCUT2D eigenvalue weighted by atomic mass is 16.5. The van der Waals surface area contributed by atoms with E-state index in [1.165, 1.54) is 7.11 Å². The first-order chi connectivity index (χ1) is 12.9. The molecule has 0 unspecified atom stereocenters. The molecule has 7 heteroatoms. The monoisotopic (exact) mass is 367 g/mol. The number of hydrogen-bond acceptors (Lipinski definition) is 6. The molecule has 1 amide bonds. The number of hydrogen-bond donors (Lipinski definition) is 1. The number of methoxy groups -OCH3 is 1. The highest BCUT2D eigenvalue weighted by molar-refractivity contribution is 5.93. The lowest BCUT2D eigenvalue weighted by atomic mass is 9.95. The minimum atomic E-state index is -0.369. The van der Waals surface area contributed by atoms with E-state index in [1.807, 2.05) is 19.9 Å². The summed E-state index contributed by atoms with van der Waals surface area (Å²) < 4.78 is 16.5. The minimum absolute atomic E-state index is 0.157. The Morgan fingerprint density at radius 1 is 1.41 bits per heavy atom. The number of nitrogens with one attached hydrogen (secondary N) is 1. The number of anilines is 1. The van der Waals surface area contributed by atoms with E-state index < -0.39 is 0 Å². The van der Waals surface area contributed by atoms with Crippen LogP contribution >= 0.6 is 0 Å². The van der Waals surface area contributed by atoms with Crippen molar-refractivity contribution in [2.45, 2.75) is 32.5 Å². The van der Waals surface area contributed by atoms with Crippen LogP contribution in [0.4, 0.5) is 5.69 Å². The summed E-state index contributed by atoms with van der Waals surface area (Å²) in [5.41, 5.74) is 2.20. The average molecular weight is 367 g/mol. The van der Waals surface area contributed by atoms with Crippen molar-refractivity contribution < 1.29 is 19.0 Å². The third-order valence-corrected chi connectivity index (χ3v) is 4.21. The lowest BCUT2D eigenvalue weighted by Gasteiger charge is -2.31. The standard InChI is InChI=1S/C20H21N3O4/c1-20(2)9-16-14(11-27-20)8-13(10-21)19(23-16)26-12-18(24)22-15-6-4-5-7-17(15)25-3/h4-8H,9,11-12H2,1-3H3,(H,22,24). The predicted molar refractivity (Wildman–Crippen MR) is 98.6 cm³/mol. The zero-order valence-electron chi connectivity index (χ0n) is 15.5. The molecule has 1 aromatic carbocycles. The maximum atomic E-state index is 12.2. The van der Waals surface area contributed by atoms with E-state index in [9.17, 15) is 10.1 Å². The molecule has 1 aliphatic rings. The third kappa shape index (κ3) is 4.36. The van der Waals surface area contributed by atoms with Gasteiger partial charge < -0.3 is 19.5 Å². The molecule has 0 fully saturated rings. The lowest BCUT2D eigenvalue weighted by Crippen LogP contribution is -2.32. The number of para-hydroxylation sites is 2. The molecular formula is C20H21N3O4. The van der Waals surface area contributed by atoms with Gasteiger partial charge in [-0.1, -0.05) is 12.1 Å². The number of benzene rings is 1. The number of amides is 1. The Labute approximate surface area is 157 Å². The fraction of sp³-hybridized carbons (Fsp3) is 0.350. The van der Waals surface area contributed by atoms with Crippen LogP contribution in [0.25, 0.3) is 0 Å². The number of nitrogens with zero attached hydrogens (tertiary/aromatic N) is 2. The Morgan fingerprint density at radius 3 is 2.93 bits per heavy atom. The van der Waals surface area contributed by atoms with Gasteiger partial charge in [0.2, 0.25) is 5.88 Å². The van der Waals surface area contributed by atoms with Gasteiger partial charge in [-0.2, -0.15) is 5.26 Å². The van der Waals surface area contributed by atoms with E-state index in [1.54, 1.807) is 24.3 Å². The average Bonchev–Trinajstić information content (AvgIpc) is 2.65. The van der Waals surface area contributed by atoms with Crippen LogP contribution in [0.3, 0.4) is 0 Å². The molecule has 1 aliphatic heterocycles. The molecule has 0 spiro atoms. The summed E-state index contributed by atoms with van der Waals surface area (Å²) in [7, 11) is 1.53. The maximum Gasteiger partial charge on any atom is 0.262 e. The van der Waals surface area contributed by atoms with Gasteiger partial charge in [-0.25, -0.2) is 4.98 Å². The summed E-state index contributed by atoms with van der Waals surface area (Å²) >= 11 is 0. The Morgan fingerprint density at radius 2 is 2.19 bits per heavy atom. The zero-order chi connectivity index (χ0) is 19.4. The molecule has 1 aromatic heterocycles. The van der Waals surface area contributed by atoms with Crippen molar-refractivity contribution in [1.29, 1.82) is 5.26 Å². The van der Waals surface area contributed by atoms with Gasteiger partial charge in [0, 0.05) is 12.0 Å². The summed E-state index contributed by atoms with van der Waals surface area (Å²) in [6, 6.07) is 10.9. The van der Waals surface area contributed by atoms with Gasteiger partial charge in [-0.15, -0.1) is 0 Å². The SMILES string of the molecule is COc1ccccc1NC(=O)COc1nc2c(cc1C#N)COC(C)(C)C2. The van der Waals surface area contributed by atoms with Crippen LogP contribution in [0, 0.1) is 11.3 Å². The fourth-order valence-corrected chi connectivity index (χ4v) is 2.84. The van der Waals surface area contributed by atoms with Gasteiger partial charge in [0.15, 0.2) is 6.61 Å². The van der Waals surface area contributed by atoms with E-state index >= 15 is 0 Å². The molecule has 0 saturated carbocycles. The smallest absolute Gasteiger partial charge is 0.262 e. The molecule has 1 N–H and O–H groups in total. The number of carbonyl (C=O) groups excluding carboxylic acids is 1. The van der Waals surface area contributed by atoms with Gasteiger partial charge in [0.05, 0.1) is 30.7 Å². The van der Waals surface area contributed by atoms with Crippen molar-refractivity contribution in [3.8, 4) is 17.7 Å². The largest absolute Gasteiger partial charge is 0.495 e. The van der Waals surface area contributed by atoms with Crippen molar-refractivity contribution in [3.05, 3.63) is 47.2 Å². The number of rotatable bonds is 5. The summed E-state index contributed by atoms with van der Waals surface area (Å²) in [6.07, 6.45) is 0.609. The van der Waals surface area contributed by atoms with Crippen molar-refractivity contribution >= 4 is 11.6 Å². The Bertz CT molecular complexity index is 903. The van der Waals surface area contributed by atoms with E-state index in [4.69, 9.17) is 14.2 Å². The lowest BCUT2D eigenvalue weighted by molar-refractivity contribution is -0.118. The molecule has 3 rings (SSSR count). The second-order valence-corrected chi connectivity index (χ2v) is 6.82. The highest BCUT2D eigenvalue weighted by Crippen LogP contribution is 2.30. The molecule has 7 nitrogen and oxygen atoms in total. The molecule has 2 heterocycles. The van der Waals surface area contributed by atoms with Crippen molar-refractivity contribution in [2.75, 3.05) is 19.0 Å². The highest BCUT2D eigenvalue weighted by Gasteiger charge is 2.28. The van der Waals surface area contributed by atoms with Gasteiger partial charge in [-0.05, 0) is 32.0 Å². The van der Waals surface area contributed by atoms with Crippen LogP contribution < -0.4 is 14.8 Å². The van der Waals surface area contributed by atoms with Gasteiger partial charge in [0.25, 0.3) is 5.91 Å². The van der Waals surface area contributed by atoms with E-state index in [0.717, 1.165) is 11.3 Å². The number of aromatic nitrogens is 1. The second-order valence-electron chi connectivity index (χ2n) is 6.82. The molecule has 2 aromatic rings. The molecular weight excluding hydrogens is 346 g/mol. The van der Waals surface area contributed by atoms with Crippen LogP contribution in [-0.4, -0.2) is 30.2 Å². The number of nitriles is 1. The topological polar surface area (TPSA) is 93.5 Å². The van der Waals surface area contributed by atoms with Crippen LogP contribution in [0.1, 0.15) is 30.7 Å². The summed E-state index contributed by atoms with van der Waals surface area (Å²) in [5, 5.41) is 12.1. The number of pyridine rings is 1. The summed E-state index contributed by atoms with van der Waals surface area (Å²) in [4.78, 5) is 16.7. The third-order valence-electron chi connectivity index (χ3n) is 4.21. The van der Waals surface area contributed by atoms with Crippen molar-refractivity contribution in [1.82, 2.24) is 4.98 Å². The number of carbonyl (C=O) groups is 1. The first-order valence-electron chi connectivity index (χ1n) is 8.54. The molecule has 0 bridgehead atoms. The Hall–Kier alpha value is -3.11. The van der Waals surface area contributed by atoms with Crippen LogP contribution in [-0.2, 0) is 22.6 Å². The molecule has 0 atom stereocenters. The number of ether oxygens (including phenoxy) is 3. The normalized spacial score (nSPS) is 14.6. The van der Waals surface area contributed by atoms with Crippen molar-refractivity contribution in [3.63, 3.8) is 0 Å². The molecule has 27 heavy (non-hydrogen) atoms. The van der Waals surface area contributed by atoms with Crippen molar-refractivity contribution in [2.24, 2.45) is 0 Å². The van der Waals surface area contributed by atoms with E-state index in [0.29, 0.717) is 24.5 Å². The summed E-state index contributed by atoms with van der Waals surface area (Å²) in [6.45, 7) is 4.10. The summed E-state index contributed by atoms with van der Waals surface area (Å²) in [5.74, 6) is 0.341. The minimum Gasteiger partial charge on any atom is -0.495 e. The van der Waals surface area contributed by atoms with Crippen LogP contribution in [0.5, 0.6) is 11.6 Å². The van der Waals surface area contributed by atoms with Gasteiger partial charge in [-0.3, -0.25) is 4.79 Å². The zero-order valence-corrected chi connectivity index (χ0v) is 15.5. The van der Waals surface area contributed by atoms with Crippen LogP contribution in [0.2, 0.25) is 0 Å². The first-order valence-corrected chi connectivity index (χ1v) is 8.54. The molecule has 0 aliphatic carbocycles. The second kappa shape index (κ2) is 7.64.